The van der Waals surface area contributed by atoms with E-state index in [-0.39, 0.29) is 5.56 Å². The van der Waals surface area contributed by atoms with Gasteiger partial charge in [0.1, 0.15) is 11.4 Å². The monoisotopic (exact) mass is 332 g/mol. The van der Waals surface area contributed by atoms with Crippen molar-refractivity contribution in [1.29, 1.82) is 0 Å². The van der Waals surface area contributed by atoms with Gasteiger partial charge in [0.05, 0.1) is 5.56 Å². The van der Waals surface area contributed by atoms with Crippen LogP contribution >= 0.6 is 15.9 Å². The Morgan fingerprint density at radius 1 is 1.26 bits per heavy atom. The summed E-state index contributed by atoms with van der Waals surface area (Å²) >= 11 is 3.13. The molecule has 0 unspecified atom stereocenters. The van der Waals surface area contributed by atoms with Crippen molar-refractivity contribution in [2.45, 2.75) is 26.4 Å². The number of benzene rings is 1. The van der Waals surface area contributed by atoms with Gasteiger partial charge < -0.3 is 4.74 Å². The summed E-state index contributed by atoms with van der Waals surface area (Å²) in [6, 6.07) is 3.92. The van der Waals surface area contributed by atoms with Crippen molar-refractivity contribution in [2.24, 2.45) is 0 Å². The highest BCUT2D eigenvalue weighted by Crippen LogP contribution is 2.15. The van der Waals surface area contributed by atoms with Gasteiger partial charge in [0, 0.05) is 4.47 Å². The number of nitrogens with one attached hydrogen (secondary N) is 2. The number of halogens is 2. The van der Waals surface area contributed by atoms with Crippen LogP contribution in [0, 0.1) is 5.82 Å². The van der Waals surface area contributed by atoms with E-state index in [4.69, 9.17) is 4.74 Å². The lowest BCUT2D eigenvalue weighted by atomic mass is 10.2. The fraction of sp³-hybridized carbons (Fsp3) is 0.333. The molecule has 0 saturated heterocycles. The van der Waals surface area contributed by atoms with Gasteiger partial charge in [0.25, 0.3) is 5.91 Å². The Labute approximate surface area is 118 Å². The first-order valence-corrected chi connectivity index (χ1v) is 6.23. The van der Waals surface area contributed by atoms with E-state index in [0.29, 0.717) is 4.47 Å². The van der Waals surface area contributed by atoms with Crippen molar-refractivity contribution in [3.8, 4) is 0 Å². The van der Waals surface area contributed by atoms with E-state index in [1.54, 1.807) is 20.8 Å². The van der Waals surface area contributed by atoms with E-state index in [2.05, 4.69) is 21.4 Å². The molecule has 1 aromatic rings. The molecule has 0 radical (unpaired) electrons. The van der Waals surface area contributed by atoms with Crippen LogP contribution in [0.2, 0.25) is 0 Å². The minimum absolute atomic E-state index is 0.189. The Morgan fingerprint density at radius 2 is 1.89 bits per heavy atom. The number of rotatable bonds is 1. The van der Waals surface area contributed by atoms with E-state index >= 15 is 0 Å². The van der Waals surface area contributed by atoms with Crippen LogP contribution in [-0.2, 0) is 4.74 Å². The molecule has 0 atom stereocenters. The molecule has 0 spiro atoms. The summed E-state index contributed by atoms with van der Waals surface area (Å²) in [6.45, 7) is 5.05. The zero-order valence-corrected chi connectivity index (χ0v) is 12.3. The van der Waals surface area contributed by atoms with Gasteiger partial charge in [-0.15, -0.1) is 0 Å². The lowest BCUT2D eigenvalue weighted by molar-refractivity contribution is 0.0483. The van der Waals surface area contributed by atoms with Gasteiger partial charge in [0.2, 0.25) is 0 Å². The topological polar surface area (TPSA) is 67.4 Å². The number of amides is 2. The quantitative estimate of drug-likeness (QED) is 0.777. The van der Waals surface area contributed by atoms with Crippen LogP contribution in [0.3, 0.4) is 0 Å². The fourth-order valence-electron chi connectivity index (χ4n) is 1.15. The molecule has 2 amide bonds. The van der Waals surface area contributed by atoms with Crippen molar-refractivity contribution in [3.05, 3.63) is 34.1 Å². The Morgan fingerprint density at radius 3 is 2.47 bits per heavy atom. The SMILES string of the molecule is CC(C)(C)OC(=O)NNC(=O)c1cc(Br)ccc1F. The van der Waals surface area contributed by atoms with Gasteiger partial charge >= 0.3 is 6.09 Å². The summed E-state index contributed by atoms with van der Waals surface area (Å²) < 4.78 is 18.9. The molecule has 0 heterocycles. The summed E-state index contributed by atoms with van der Waals surface area (Å²) in [7, 11) is 0. The van der Waals surface area contributed by atoms with Crippen molar-refractivity contribution in [3.63, 3.8) is 0 Å². The van der Waals surface area contributed by atoms with Gasteiger partial charge in [0.15, 0.2) is 0 Å². The third kappa shape index (κ3) is 5.25. The molecule has 1 rings (SSSR count). The standard InChI is InChI=1S/C12H14BrFN2O3/c1-12(2,3)19-11(18)16-15-10(17)8-6-7(13)4-5-9(8)14/h4-6H,1-3H3,(H,15,17)(H,16,18). The molecule has 0 aliphatic rings. The van der Waals surface area contributed by atoms with E-state index in [1.807, 2.05) is 5.43 Å². The average Bonchev–Trinajstić information content (AvgIpc) is 2.27. The van der Waals surface area contributed by atoms with E-state index < -0.39 is 23.4 Å². The van der Waals surface area contributed by atoms with E-state index in [9.17, 15) is 14.0 Å². The Balaban J connectivity index is 2.61. The third-order valence-electron chi connectivity index (χ3n) is 1.85. The number of hydrogen-bond donors (Lipinski definition) is 2. The van der Waals surface area contributed by atoms with E-state index in [1.165, 1.54) is 12.1 Å². The molecule has 7 heteroatoms. The predicted molar refractivity (Wildman–Crippen MR) is 70.9 cm³/mol. The Hall–Kier alpha value is -1.63. The average molecular weight is 333 g/mol. The largest absolute Gasteiger partial charge is 0.443 e. The zero-order valence-electron chi connectivity index (χ0n) is 10.7. The number of hydrazine groups is 1. The van der Waals surface area contributed by atoms with Crippen LogP contribution in [0.25, 0.3) is 0 Å². The van der Waals surface area contributed by atoms with Crippen LogP contribution in [0.4, 0.5) is 9.18 Å². The van der Waals surface area contributed by atoms with Crippen LogP contribution in [-0.4, -0.2) is 17.6 Å². The van der Waals surface area contributed by atoms with Gasteiger partial charge in [-0.05, 0) is 39.0 Å². The summed E-state index contributed by atoms with van der Waals surface area (Å²) in [6.07, 6.45) is -0.823. The molecular formula is C12H14BrFN2O3. The lowest BCUT2D eigenvalue weighted by Crippen LogP contribution is -2.44. The minimum Gasteiger partial charge on any atom is -0.443 e. The molecule has 5 nitrogen and oxygen atoms in total. The first-order valence-electron chi connectivity index (χ1n) is 5.43. The minimum atomic E-state index is -0.823. The molecule has 104 valence electrons. The maximum absolute atomic E-state index is 13.4. The first kappa shape index (κ1) is 15.4. The Bertz CT molecular complexity index is 500. The summed E-state index contributed by atoms with van der Waals surface area (Å²) in [5.74, 6) is -1.46. The number of ether oxygens (including phenoxy) is 1. The van der Waals surface area contributed by atoms with Crippen molar-refractivity contribution in [2.75, 3.05) is 0 Å². The number of hydrogen-bond acceptors (Lipinski definition) is 3. The maximum atomic E-state index is 13.4. The van der Waals surface area contributed by atoms with Gasteiger partial charge in [-0.25, -0.2) is 14.6 Å². The molecule has 0 saturated carbocycles. The van der Waals surface area contributed by atoms with Crippen molar-refractivity contribution in [1.82, 2.24) is 10.9 Å². The van der Waals surface area contributed by atoms with E-state index in [0.717, 1.165) is 6.07 Å². The highest BCUT2D eigenvalue weighted by atomic mass is 79.9. The molecule has 0 bridgehead atoms. The van der Waals surface area contributed by atoms with Crippen LogP contribution in [0.15, 0.2) is 22.7 Å². The summed E-state index contributed by atoms with van der Waals surface area (Å²) in [5.41, 5.74) is 3.23. The van der Waals surface area contributed by atoms with Gasteiger partial charge in [-0.2, -0.15) is 0 Å². The van der Waals surface area contributed by atoms with Crippen LogP contribution in [0.5, 0.6) is 0 Å². The Kier molecular flexibility index (Phi) is 4.88. The number of carbonyl (C=O) groups excluding carboxylic acids is 2. The zero-order chi connectivity index (χ0) is 14.6. The number of carbonyl (C=O) groups is 2. The normalized spacial score (nSPS) is 10.8. The maximum Gasteiger partial charge on any atom is 0.426 e. The van der Waals surface area contributed by atoms with Gasteiger partial charge in [-0.1, -0.05) is 15.9 Å². The summed E-state index contributed by atoms with van der Waals surface area (Å²) in [5, 5.41) is 0. The second-order valence-electron chi connectivity index (χ2n) is 4.71. The fourth-order valence-corrected chi connectivity index (χ4v) is 1.51. The smallest absolute Gasteiger partial charge is 0.426 e. The molecule has 2 N–H and O–H groups in total. The lowest BCUT2D eigenvalue weighted by Gasteiger charge is -2.19. The highest BCUT2D eigenvalue weighted by Gasteiger charge is 2.17. The highest BCUT2D eigenvalue weighted by molar-refractivity contribution is 9.10. The molecular weight excluding hydrogens is 319 g/mol. The van der Waals surface area contributed by atoms with Crippen LogP contribution in [0.1, 0.15) is 31.1 Å². The first-order chi connectivity index (χ1) is 8.69. The molecule has 0 fully saturated rings. The second kappa shape index (κ2) is 6.01. The second-order valence-corrected chi connectivity index (χ2v) is 5.62. The van der Waals surface area contributed by atoms with Crippen molar-refractivity contribution >= 4 is 27.9 Å². The molecule has 0 aliphatic carbocycles. The van der Waals surface area contributed by atoms with Gasteiger partial charge in [-0.3, -0.25) is 10.2 Å². The molecule has 1 aromatic carbocycles. The van der Waals surface area contributed by atoms with Crippen LogP contribution < -0.4 is 10.9 Å². The third-order valence-corrected chi connectivity index (χ3v) is 2.34. The van der Waals surface area contributed by atoms with Crippen molar-refractivity contribution < 1.29 is 18.7 Å². The molecule has 19 heavy (non-hydrogen) atoms. The summed E-state index contributed by atoms with van der Waals surface area (Å²) in [4.78, 5) is 22.9. The molecule has 0 aliphatic heterocycles. The predicted octanol–water partition coefficient (Wildman–Crippen LogP) is 2.76. The molecule has 0 aromatic heterocycles.